The molecule has 5 heteroatoms. The molecule has 0 spiro atoms. The molecule has 1 aromatic carbocycles. The van der Waals surface area contributed by atoms with Gasteiger partial charge in [0.15, 0.2) is 0 Å². The number of hydrogen-bond acceptors (Lipinski definition) is 4. The van der Waals surface area contributed by atoms with E-state index < -0.39 is 0 Å². The average Bonchev–Trinajstić information content (AvgIpc) is 2.43. The van der Waals surface area contributed by atoms with E-state index in [1.807, 2.05) is 13.8 Å². The Morgan fingerprint density at radius 3 is 2.68 bits per heavy atom. The number of carbonyl (C=O) groups excluding carboxylic acids is 1. The maximum atomic E-state index is 12.4. The van der Waals surface area contributed by atoms with Crippen molar-refractivity contribution in [1.82, 2.24) is 4.90 Å². The summed E-state index contributed by atoms with van der Waals surface area (Å²) in [6.07, 6.45) is 0. The predicted molar refractivity (Wildman–Crippen MR) is 75.5 cm³/mol. The molecular weight excluding hydrogens is 244 g/mol. The Balaban J connectivity index is 2.84. The van der Waals surface area contributed by atoms with Gasteiger partial charge in [0.05, 0.1) is 19.3 Å². The van der Waals surface area contributed by atoms with Gasteiger partial charge in [-0.3, -0.25) is 4.79 Å². The number of nitrogens with two attached hydrogens (primary N) is 1. The van der Waals surface area contributed by atoms with Gasteiger partial charge in [-0.25, -0.2) is 0 Å². The zero-order valence-corrected chi connectivity index (χ0v) is 11.8. The number of rotatable bonds is 7. The van der Waals surface area contributed by atoms with Gasteiger partial charge in [-0.2, -0.15) is 0 Å². The van der Waals surface area contributed by atoms with E-state index in [-0.39, 0.29) is 5.91 Å². The summed E-state index contributed by atoms with van der Waals surface area (Å²) < 4.78 is 10.4. The second-order valence-corrected chi connectivity index (χ2v) is 4.03. The van der Waals surface area contributed by atoms with Crippen LogP contribution in [0.25, 0.3) is 0 Å². The van der Waals surface area contributed by atoms with Crippen molar-refractivity contribution in [1.29, 1.82) is 0 Å². The molecule has 0 fully saturated rings. The van der Waals surface area contributed by atoms with E-state index in [0.717, 1.165) is 0 Å². The summed E-state index contributed by atoms with van der Waals surface area (Å²) >= 11 is 0. The second-order valence-electron chi connectivity index (χ2n) is 4.03. The van der Waals surface area contributed by atoms with Crippen LogP contribution in [-0.2, 0) is 4.74 Å². The average molecular weight is 266 g/mol. The lowest BCUT2D eigenvalue weighted by atomic mass is 10.1. The quantitative estimate of drug-likeness (QED) is 0.603. The molecule has 0 aliphatic rings. The van der Waals surface area contributed by atoms with Crippen molar-refractivity contribution in [3.63, 3.8) is 0 Å². The molecular formula is C14H22N2O3. The molecule has 0 aliphatic heterocycles. The molecule has 0 bridgehead atoms. The molecule has 0 aliphatic carbocycles. The van der Waals surface area contributed by atoms with Crippen LogP contribution >= 0.6 is 0 Å². The highest BCUT2D eigenvalue weighted by atomic mass is 16.5. The highest BCUT2D eigenvalue weighted by Gasteiger charge is 2.17. The van der Waals surface area contributed by atoms with E-state index in [4.69, 9.17) is 15.2 Å². The molecule has 1 rings (SSSR count). The Bertz CT molecular complexity index is 421. The number of likely N-dealkylation sites (N-methyl/N-ethyl adjacent to an activating group) is 1. The molecule has 1 aromatic rings. The van der Waals surface area contributed by atoms with Crippen LogP contribution in [0.1, 0.15) is 24.2 Å². The Hall–Kier alpha value is -1.75. The van der Waals surface area contributed by atoms with Crippen LogP contribution in [-0.4, -0.2) is 44.2 Å². The number of carbonyl (C=O) groups is 1. The van der Waals surface area contributed by atoms with Crippen LogP contribution in [0.15, 0.2) is 18.2 Å². The van der Waals surface area contributed by atoms with Crippen LogP contribution in [0, 0.1) is 0 Å². The zero-order chi connectivity index (χ0) is 14.3. The van der Waals surface area contributed by atoms with Gasteiger partial charge >= 0.3 is 0 Å². The van der Waals surface area contributed by atoms with Crippen LogP contribution in [0.3, 0.4) is 0 Å². The number of ether oxygens (including phenoxy) is 2. The predicted octanol–water partition coefficient (Wildman–Crippen LogP) is 1.78. The van der Waals surface area contributed by atoms with E-state index in [9.17, 15) is 4.79 Å². The highest BCUT2D eigenvalue weighted by molar-refractivity contribution is 5.99. The summed E-state index contributed by atoms with van der Waals surface area (Å²) in [6.45, 7) is 6.20. The van der Waals surface area contributed by atoms with Gasteiger partial charge in [0.2, 0.25) is 0 Å². The molecule has 0 radical (unpaired) electrons. The van der Waals surface area contributed by atoms with Crippen molar-refractivity contribution >= 4 is 11.6 Å². The Morgan fingerprint density at radius 1 is 1.37 bits per heavy atom. The number of nitrogen functional groups attached to an aromatic ring is 1. The number of amides is 1. The number of benzene rings is 1. The number of nitrogens with zero attached hydrogens (tertiary/aromatic N) is 1. The van der Waals surface area contributed by atoms with Crippen molar-refractivity contribution in [3.8, 4) is 5.75 Å². The second kappa shape index (κ2) is 7.63. The minimum Gasteiger partial charge on any atom is -0.497 e. The van der Waals surface area contributed by atoms with Crippen LogP contribution < -0.4 is 10.5 Å². The smallest absolute Gasteiger partial charge is 0.256 e. The van der Waals surface area contributed by atoms with Crippen molar-refractivity contribution in [2.45, 2.75) is 13.8 Å². The van der Waals surface area contributed by atoms with Gasteiger partial charge in [0.1, 0.15) is 5.75 Å². The summed E-state index contributed by atoms with van der Waals surface area (Å²) in [5.41, 5.74) is 6.79. The van der Waals surface area contributed by atoms with Crippen LogP contribution in [0.4, 0.5) is 5.69 Å². The summed E-state index contributed by atoms with van der Waals surface area (Å²) in [4.78, 5) is 14.1. The minimum absolute atomic E-state index is 0.0985. The maximum Gasteiger partial charge on any atom is 0.256 e. The van der Waals surface area contributed by atoms with E-state index in [1.54, 1.807) is 30.2 Å². The third-order valence-corrected chi connectivity index (χ3v) is 2.87. The standard InChI is InChI=1S/C14H22N2O3/c1-4-16(8-9-19-5-2)14(17)12-10-11(18-3)6-7-13(12)15/h6-7,10H,4-5,8-9,15H2,1-3H3. The summed E-state index contributed by atoms with van der Waals surface area (Å²) in [6, 6.07) is 5.09. The summed E-state index contributed by atoms with van der Waals surface area (Å²) in [5, 5.41) is 0. The third kappa shape index (κ3) is 4.13. The van der Waals surface area contributed by atoms with Gasteiger partial charge in [-0.1, -0.05) is 0 Å². The topological polar surface area (TPSA) is 64.8 Å². The number of methoxy groups -OCH3 is 1. The first-order valence-electron chi connectivity index (χ1n) is 6.44. The Labute approximate surface area is 114 Å². The van der Waals surface area contributed by atoms with E-state index >= 15 is 0 Å². The number of anilines is 1. The van der Waals surface area contributed by atoms with Gasteiger partial charge in [-0.05, 0) is 32.0 Å². The largest absolute Gasteiger partial charge is 0.497 e. The first-order chi connectivity index (χ1) is 9.13. The zero-order valence-electron chi connectivity index (χ0n) is 11.8. The molecule has 106 valence electrons. The molecule has 1 amide bonds. The molecule has 0 atom stereocenters. The lowest BCUT2D eigenvalue weighted by Gasteiger charge is -2.21. The minimum atomic E-state index is -0.0985. The molecule has 0 saturated heterocycles. The van der Waals surface area contributed by atoms with Crippen molar-refractivity contribution < 1.29 is 14.3 Å². The van der Waals surface area contributed by atoms with E-state index in [2.05, 4.69) is 0 Å². The SMILES string of the molecule is CCOCCN(CC)C(=O)c1cc(OC)ccc1N. The molecule has 0 saturated carbocycles. The lowest BCUT2D eigenvalue weighted by molar-refractivity contribution is 0.0670. The van der Waals surface area contributed by atoms with Crippen molar-refractivity contribution in [2.24, 2.45) is 0 Å². The van der Waals surface area contributed by atoms with Crippen LogP contribution in [0.2, 0.25) is 0 Å². The van der Waals surface area contributed by atoms with Gasteiger partial charge in [0, 0.05) is 25.4 Å². The summed E-state index contributed by atoms with van der Waals surface area (Å²) in [7, 11) is 1.56. The van der Waals surface area contributed by atoms with E-state index in [1.165, 1.54) is 0 Å². The first kappa shape index (κ1) is 15.3. The lowest BCUT2D eigenvalue weighted by Crippen LogP contribution is -2.34. The van der Waals surface area contributed by atoms with Gasteiger partial charge < -0.3 is 20.1 Å². The van der Waals surface area contributed by atoms with Crippen molar-refractivity contribution in [3.05, 3.63) is 23.8 Å². The normalized spacial score (nSPS) is 10.3. The summed E-state index contributed by atoms with van der Waals surface area (Å²) in [5.74, 6) is 0.525. The molecule has 0 heterocycles. The third-order valence-electron chi connectivity index (χ3n) is 2.87. The fourth-order valence-corrected chi connectivity index (χ4v) is 1.74. The molecule has 0 aromatic heterocycles. The monoisotopic (exact) mass is 266 g/mol. The highest BCUT2D eigenvalue weighted by Crippen LogP contribution is 2.21. The molecule has 2 N–H and O–H groups in total. The molecule has 19 heavy (non-hydrogen) atoms. The number of hydrogen-bond donors (Lipinski definition) is 1. The van der Waals surface area contributed by atoms with Crippen LogP contribution in [0.5, 0.6) is 5.75 Å². The molecule has 0 unspecified atom stereocenters. The Morgan fingerprint density at radius 2 is 2.11 bits per heavy atom. The maximum absolute atomic E-state index is 12.4. The first-order valence-corrected chi connectivity index (χ1v) is 6.44. The van der Waals surface area contributed by atoms with E-state index in [0.29, 0.717) is 43.3 Å². The van der Waals surface area contributed by atoms with Crippen molar-refractivity contribution in [2.75, 3.05) is 39.1 Å². The van der Waals surface area contributed by atoms with Gasteiger partial charge in [0.25, 0.3) is 5.91 Å². The fraction of sp³-hybridized carbons (Fsp3) is 0.500. The fourth-order valence-electron chi connectivity index (χ4n) is 1.74. The Kier molecular flexibility index (Phi) is 6.15. The van der Waals surface area contributed by atoms with Gasteiger partial charge in [-0.15, -0.1) is 0 Å². The molecule has 5 nitrogen and oxygen atoms in total.